The first-order chi connectivity index (χ1) is 13.3. The average Bonchev–Trinajstić information content (AvgIpc) is 3.27. The number of morpholine rings is 1. The van der Waals surface area contributed by atoms with Crippen molar-refractivity contribution in [2.75, 3.05) is 62.3 Å². The average molecular weight is 369 g/mol. The van der Waals surface area contributed by atoms with Gasteiger partial charge in [0.25, 0.3) is 0 Å². The molecule has 0 atom stereocenters. The summed E-state index contributed by atoms with van der Waals surface area (Å²) in [5.74, 6) is 1.57. The molecule has 1 amide bonds. The van der Waals surface area contributed by atoms with Crippen LogP contribution in [0.1, 0.15) is 5.76 Å². The Kier molecular flexibility index (Phi) is 5.34. The number of rotatable bonds is 4. The number of nitrogens with zero attached hydrogens (tertiary/aromatic N) is 5. The van der Waals surface area contributed by atoms with Crippen molar-refractivity contribution in [3.8, 4) is 0 Å². The predicted octanol–water partition coefficient (Wildman–Crippen LogP) is 1.27. The molecule has 2 aliphatic rings. The zero-order valence-corrected chi connectivity index (χ0v) is 15.2. The highest BCUT2D eigenvalue weighted by Crippen LogP contribution is 2.21. The van der Waals surface area contributed by atoms with Crippen LogP contribution in [0.4, 0.5) is 11.5 Å². The number of ether oxygens (including phenoxy) is 1. The van der Waals surface area contributed by atoms with Crippen molar-refractivity contribution in [3.05, 3.63) is 42.5 Å². The molecule has 0 bridgehead atoms. The van der Waals surface area contributed by atoms with Crippen LogP contribution in [0.25, 0.3) is 6.08 Å². The lowest BCUT2D eigenvalue weighted by molar-refractivity contribution is -0.126. The number of amides is 1. The van der Waals surface area contributed by atoms with Crippen molar-refractivity contribution in [3.63, 3.8) is 0 Å². The third-order valence-corrected chi connectivity index (χ3v) is 4.85. The van der Waals surface area contributed by atoms with Crippen molar-refractivity contribution in [2.45, 2.75) is 0 Å². The maximum atomic E-state index is 12.3. The first-order valence-corrected chi connectivity index (χ1v) is 9.20. The summed E-state index contributed by atoms with van der Waals surface area (Å²) in [4.78, 5) is 18.6. The van der Waals surface area contributed by atoms with Crippen molar-refractivity contribution in [2.24, 2.45) is 0 Å². The minimum absolute atomic E-state index is 0.00732. The highest BCUT2D eigenvalue weighted by molar-refractivity contribution is 5.91. The second-order valence-corrected chi connectivity index (χ2v) is 6.53. The summed E-state index contributed by atoms with van der Waals surface area (Å²) in [5.41, 5.74) is 1.05. The van der Waals surface area contributed by atoms with E-state index in [0.29, 0.717) is 18.8 Å². The van der Waals surface area contributed by atoms with Gasteiger partial charge in [-0.05, 0) is 18.2 Å². The van der Waals surface area contributed by atoms with Gasteiger partial charge in [-0.2, -0.15) is 5.10 Å². The number of hydrogen-bond acceptors (Lipinski definition) is 7. The molecule has 0 N–H and O–H groups in total. The van der Waals surface area contributed by atoms with Gasteiger partial charge < -0.3 is 23.9 Å². The van der Waals surface area contributed by atoms with Crippen LogP contribution in [0.5, 0.6) is 0 Å². The molecule has 0 unspecified atom stereocenters. The summed E-state index contributed by atoms with van der Waals surface area (Å²) < 4.78 is 10.6. The second-order valence-electron chi connectivity index (χ2n) is 6.53. The Morgan fingerprint density at radius 1 is 1.07 bits per heavy atom. The van der Waals surface area contributed by atoms with Crippen LogP contribution in [-0.2, 0) is 9.53 Å². The molecule has 0 radical (unpaired) electrons. The van der Waals surface area contributed by atoms with Crippen LogP contribution in [-0.4, -0.2) is 73.5 Å². The molecule has 8 nitrogen and oxygen atoms in total. The highest BCUT2D eigenvalue weighted by atomic mass is 16.5. The third kappa shape index (κ3) is 4.28. The lowest BCUT2D eigenvalue weighted by Gasteiger charge is -2.36. The summed E-state index contributed by atoms with van der Waals surface area (Å²) in [5, 5.41) is 8.43. The summed E-state index contributed by atoms with van der Waals surface area (Å²) in [6.45, 7) is 6.01. The van der Waals surface area contributed by atoms with Crippen LogP contribution in [0.3, 0.4) is 0 Å². The Balaban J connectivity index is 1.34. The van der Waals surface area contributed by atoms with E-state index in [4.69, 9.17) is 9.15 Å². The molecule has 27 heavy (non-hydrogen) atoms. The van der Waals surface area contributed by atoms with Gasteiger partial charge in [-0.15, -0.1) is 5.10 Å². The molecule has 4 rings (SSSR count). The van der Waals surface area contributed by atoms with E-state index in [2.05, 4.69) is 26.1 Å². The van der Waals surface area contributed by atoms with Crippen molar-refractivity contribution in [1.29, 1.82) is 0 Å². The van der Waals surface area contributed by atoms with Gasteiger partial charge in [-0.25, -0.2) is 0 Å². The molecule has 4 heterocycles. The van der Waals surface area contributed by atoms with E-state index in [1.54, 1.807) is 30.7 Å². The van der Waals surface area contributed by atoms with Crippen LogP contribution in [0.15, 0.2) is 41.2 Å². The minimum Gasteiger partial charge on any atom is -0.465 e. The van der Waals surface area contributed by atoms with Gasteiger partial charge in [0.05, 0.1) is 31.4 Å². The number of carbonyl (C=O) groups is 1. The topological polar surface area (TPSA) is 74.9 Å². The second kappa shape index (κ2) is 8.22. The van der Waals surface area contributed by atoms with Gasteiger partial charge in [0, 0.05) is 51.4 Å². The largest absolute Gasteiger partial charge is 0.465 e. The maximum Gasteiger partial charge on any atom is 0.246 e. The predicted molar refractivity (Wildman–Crippen MR) is 102 cm³/mol. The van der Waals surface area contributed by atoms with Crippen LogP contribution in [0.2, 0.25) is 0 Å². The Labute approximate surface area is 158 Å². The van der Waals surface area contributed by atoms with Crippen LogP contribution < -0.4 is 9.80 Å². The fourth-order valence-electron chi connectivity index (χ4n) is 3.30. The molecule has 2 aromatic rings. The van der Waals surface area contributed by atoms with E-state index in [1.165, 1.54) is 0 Å². The minimum atomic E-state index is 0.00732. The molecule has 0 saturated carbocycles. The van der Waals surface area contributed by atoms with Gasteiger partial charge in [0.1, 0.15) is 5.76 Å². The van der Waals surface area contributed by atoms with Gasteiger partial charge >= 0.3 is 0 Å². The Hall–Kier alpha value is -2.87. The molecule has 0 aliphatic carbocycles. The molecule has 0 aromatic carbocycles. The zero-order valence-electron chi connectivity index (χ0n) is 15.2. The van der Waals surface area contributed by atoms with Gasteiger partial charge in [0.15, 0.2) is 5.82 Å². The number of hydrogen-bond donors (Lipinski definition) is 0. The monoisotopic (exact) mass is 369 g/mol. The van der Waals surface area contributed by atoms with Crippen molar-refractivity contribution >= 4 is 23.5 Å². The molecule has 2 fully saturated rings. The first-order valence-electron chi connectivity index (χ1n) is 9.20. The molecular weight excluding hydrogens is 346 g/mol. The lowest BCUT2D eigenvalue weighted by atomic mass is 10.2. The molecule has 142 valence electrons. The van der Waals surface area contributed by atoms with Crippen molar-refractivity contribution in [1.82, 2.24) is 15.1 Å². The third-order valence-electron chi connectivity index (χ3n) is 4.85. The normalized spacial score (nSPS) is 18.3. The summed E-state index contributed by atoms with van der Waals surface area (Å²) in [6, 6.07) is 5.70. The Morgan fingerprint density at radius 3 is 2.63 bits per heavy atom. The quantitative estimate of drug-likeness (QED) is 0.751. The molecule has 0 spiro atoms. The standard InChI is InChI=1S/C19H23N5O3/c25-19(4-3-17-2-1-11-27-17)24-7-5-22(6-8-24)16-14-18(21-20-15-16)23-9-12-26-13-10-23/h1-4,11,14-15H,5-10,12-13H2/b4-3+. The highest BCUT2D eigenvalue weighted by Gasteiger charge is 2.21. The van der Waals surface area contributed by atoms with E-state index < -0.39 is 0 Å². The summed E-state index contributed by atoms with van der Waals surface area (Å²) in [7, 11) is 0. The maximum absolute atomic E-state index is 12.3. The Morgan fingerprint density at radius 2 is 1.89 bits per heavy atom. The fraction of sp³-hybridized carbons (Fsp3) is 0.421. The van der Waals surface area contributed by atoms with Gasteiger partial charge in [-0.1, -0.05) is 0 Å². The number of carbonyl (C=O) groups excluding carboxylic acids is 1. The van der Waals surface area contributed by atoms with E-state index in [-0.39, 0.29) is 5.91 Å². The van der Waals surface area contributed by atoms with Crippen LogP contribution >= 0.6 is 0 Å². The SMILES string of the molecule is O=C(/C=C/c1ccco1)N1CCN(c2cnnc(N3CCOCC3)c2)CC1. The zero-order chi connectivity index (χ0) is 18.5. The molecule has 2 aromatic heterocycles. The Bertz CT molecular complexity index is 778. The van der Waals surface area contributed by atoms with E-state index in [1.807, 2.05) is 11.0 Å². The molecule has 2 saturated heterocycles. The molecule has 2 aliphatic heterocycles. The molecule has 8 heteroatoms. The lowest BCUT2D eigenvalue weighted by Crippen LogP contribution is -2.48. The first kappa shape index (κ1) is 17.5. The fourth-order valence-corrected chi connectivity index (χ4v) is 3.30. The summed E-state index contributed by atoms with van der Waals surface area (Å²) >= 11 is 0. The molecular formula is C19H23N5O3. The number of furan rings is 1. The van der Waals surface area contributed by atoms with E-state index in [9.17, 15) is 4.79 Å². The number of aromatic nitrogens is 2. The van der Waals surface area contributed by atoms with Crippen LogP contribution in [0, 0.1) is 0 Å². The van der Waals surface area contributed by atoms with E-state index >= 15 is 0 Å². The summed E-state index contributed by atoms with van der Waals surface area (Å²) in [6.07, 6.45) is 6.66. The van der Waals surface area contributed by atoms with Crippen molar-refractivity contribution < 1.29 is 13.9 Å². The van der Waals surface area contributed by atoms with E-state index in [0.717, 1.165) is 50.9 Å². The smallest absolute Gasteiger partial charge is 0.246 e. The number of anilines is 2. The van der Waals surface area contributed by atoms with Gasteiger partial charge in [0.2, 0.25) is 5.91 Å². The van der Waals surface area contributed by atoms with Gasteiger partial charge in [-0.3, -0.25) is 4.79 Å². The number of piperazine rings is 1.